The van der Waals surface area contributed by atoms with E-state index in [-0.39, 0.29) is 0 Å². The largest absolute Gasteiger partial charge is 0.481 e. The molecule has 0 bridgehead atoms. The highest BCUT2D eigenvalue weighted by molar-refractivity contribution is 5.97. The van der Waals surface area contributed by atoms with Crippen LogP contribution in [0, 0.1) is 11.3 Å². The molecule has 6 heteroatoms. The third-order valence-corrected chi connectivity index (χ3v) is 2.83. The number of aliphatic carboxylic acids is 1. The van der Waals surface area contributed by atoms with Crippen LogP contribution in [0.3, 0.4) is 0 Å². The van der Waals surface area contributed by atoms with Gasteiger partial charge in [0.25, 0.3) is 0 Å². The van der Waals surface area contributed by atoms with Gasteiger partial charge in [0.2, 0.25) is 5.91 Å². The minimum absolute atomic E-state index is 0.425. The molecule has 19 heavy (non-hydrogen) atoms. The Morgan fingerprint density at radius 1 is 1.42 bits per heavy atom. The number of carbonyl (C=O) groups excluding carboxylic acids is 1. The van der Waals surface area contributed by atoms with Gasteiger partial charge in [-0.25, -0.2) is 4.98 Å². The number of hydrogen-bond acceptors (Lipinski definition) is 3. The molecule has 6 nitrogen and oxygen atoms in total. The van der Waals surface area contributed by atoms with Crippen molar-refractivity contribution < 1.29 is 14.7 Å². The van der Waals surface area contributed by atoms with Gasteiger partial charge >= 0.3 is 5.97 Å². The second-order valence-corrected chi connectivity index (χ2v) is 5.58. The topological polar surface area (TPSA) is 84.2 Å². The molecule has 1 heterocycles. The van der Waals surface area contributed by atoms with Crippen molar-refractivity contribution in [3.8, 4) is 0 Å². The Hall–Kier alpha value is -1.85. The lowest BCUT2D eigenvalue weighted by Crippen LogP contribution is -2.43. The van der Waals surface area contributed by atoms with E-state index in [1.807, 2.05) is 10.8 Å². The number of carboxylic acids is 1. The van der Waals surface area contributed by atoms with E-state index < -0.39 is 23.2 Å². The van der Waals surface area contributed by atoms with Gasteiger partial charge in [-0.15, -0.1) is 0 Å². The Morgan fingerprint density at radius 2 is 2.11 bits per heavy atom. The molecule has 1 atom stereocenters. The standard InChI is InChI=1S/C13H21N3O3/c1-13(2,3)10(12(18)19)11(17)15-5-4-7-16-8-6-14-9-16/h6,8-10H,4-5,7H2,1-3H3,(H,15,17)(H,18,19). The maximum atomic E-state index is 11.9. The van der Waals surface area contributed by atoms with Crippen molar-refractivity contribution in [2.45, 2.75) is 33.7 Å². The van der Waals surface area contributed by atoms with Crippen molar-refractivity contribution >= 4 is 11.9 Å². The molecular weight excluding hydrogens is 246 g/mol. The summed E-state index contributed by atoms with van der Waals surface area (Å²) in [4.78, 5) is 26.9. The van der Waals surface area contributed by atoms with Crippen LogP contribution in [0.5, 0.6) is 0 Å². The molecule has 0 aromatic carbocycles. The molecule has 1 amide bonds. The minimum atomic E-state index is -1.08. The Balaban J connectivity index is 2.39. The molecule has 0 fully saturated rings. The number of hydrogen-bond donors (Lipinski definition) is 2. The first kappa shape index (κ1) is 15.2. The highest BCUT2D eigenvalue weighted by atomic mass is 16.4. The van der Waals surface area contributed by atoms with Crippen LogP contribution in [-0.4, -0.2) is 33.1 Å². The molecule has 1 aromatic rings. The molecule has 0 aliphatic carbocycles. The van der Waals surface area contributed by atoms with Crippen LogP contribution < -0.4 is 5.32 Å². The van der Waals surface area contributed by atoms with Crippen molar-refractivity contribution in [3.05, 3.63) is 18.7 Å². The van der Waals surface area contributed by atoms with E-state index in [0.29, 0.717) is 6.54 Å². The van der Waals surface area contributed by atoms with Gasteiger partial charge in [-0.3, -0.25) is 9.59 Å². The molecule has 0 saturated carbocycles. The molecular formula is C13H21N3O3. The average molecular weight is 267 g/mol. The van der Waals surface area contributed by atoms with Gasteiger partial charge in [0.1, 0.15) is 5.92 Å². The summed E-state index contributed by atoms with van der Waals surface area (Å²) in [5.74, 6) is -2.54. The van der Waals surface area contributed by atoms with Gasteiger partial charge < -0.3 is 15.0 Å². The first-order chi connectivity index (χ1) is 8.82. The number of amides is 1. The molecule has 0 aliphatic rings. The van der Waals surface area contributed by atoms with Crippen LogP contribution in [0.15, 0.2) is 18.7 Å². The lowest BCUT2D eigenvalue weighted by Gasteiger charge is -2.25. The summed E-state index contributed by atoms with van der Waals surface area (Å²) >= 11 is 0. The first-order valence-electron chi connectivity index (χ1n) is 6.28. The van der Waals surface area contributed by atoms with Crippen molar-refractivity contribution in [1.29, 1.82) is 0 Å². The highest BCUT2D eigenvalue weighted by Crippen LogP contribution is 2.26. The summed E-state index contributed by atoms with van der Waals surface area (Å²) < 4.78 is 1.91. The Morgan fingerprint density at radius 3 is 2.58 bits per heavy atom. The summed E-state index contributed by atoms with van der Waals surface area (Å²) in [7, 11) is 0. The van der Waals surface area contributed by atoms with Crippen LogP contribution in [0.4, 0.5) is 0 Å². The summed E-state index contributed by atoms with van der Waals surface area (Å²) in [6, 6.07) is 0. The zero-order valence-corrected chi connectivity index (χ0v) is 11.6. The number of imidazole rings is 1. The molecule has 1 rings (SSSR count). The number of rotatable bonds is 6. The number of carboxylic acid groups (broad SMARTS) is 1. The summed E-state index contributed by atoms with van der Waals surface area (Å²) in [5.41, 5.74) is -0.597. The monoisotopic (exact) mass is 267 g/mol. The number of carbonyl (C=O) groups is 2. The molecule has 1 unspecified atom stereocenters. The lowest BCUT2D eigenvalue weighted by molar-refractivity contribution is -0.151. The van der Waals surface area contributed by atoms with Crippen molar-refractivity contribution in [1.82, 2.24) is 14.9 Å². The Labute approximate surface area is 112 Å². The summed E-state index contributed by atoms with van der Waals surface area (Å²) in [6.45, 7) is 6.44. The zero-order valence-electron chi connectivity index (χ0n) is 11.6. The Bertz CT molecular complexity index is 421. The van der Waals surface area contributed by atoms with Crippen molar-refractivity contribution in [3.63, 3.8) is 0 Å². The third kappa shape index (κ3) is 4.73. The predicted octanol–water partition coefficient (Wildman–Crippen LogP) is 1.14. The van der Waals surface area contributed by atoms with E-state index in [1.165, 1.54) is 0 Å². The zero-order chi connectivity index (χ0) is 14.5. The van der Waals surface area contributed by atoms with Crippen LogP contribution in [-0.2, 0) is 16.1 Å². The number of aryl methyl sites for hydroxylation is 1. The summed E-state index contributed by atoms with van der Waals surface area (Å²) in [6.07, 6.45) is 5.98. The van der Waals surface area contributed by atoms with Crippen molar-refractivity contribution in [2.24, 2.45) is 11.3 Å². The lowest BCUT2D eigenvalue weighted by atomic mass is 9.80. The van der Waals surface area contributed by atoms with Crippen LogP contribution in [0.1, 0.15) is 27.2 Å². The van der Waals surface area contributed by atoms with Crippen LogP contribution in [0.2, 0.25) is 0 Å². The Kier molecular flexibility index (Phi) is 5.09. The van der Waals surface area contributed by atoms with Gasteiger partial charge in [0.15, 0.2) is 0 Å². The third-order valence-electron chi connectivity index (χ3n) is 2.83. The molecule has 1 aromatic heterocycles. The molecule has 0 spiro atoms. The molecule has 0 aliphatic heterocycles. The SMILES string of the molecule is CC(C)(C)C(C(=O)O)C(=O)NCCCn1ccnc1. The fourth-order valence-corrected chi connectivity index (χ4v) is 1.87. The van der Waals surface area contributed by atoms with Gasteiger partial charge in [-0.2, -0.15) is 0 Å². The average Bonchev–Trinajstić information content (AvgIpc) is 2.74. The fraction of sp³-hybridized carbons (Fsp3) is 0.615. The summed E-state index contributed by atoms with van der Waals surface area (Å²) in [5, 5.41) is 11.8. The minimum Gasteiger partial charge on any atom is -0.481 e. The predicted molar refractivity (Wildman–Crippen MR) is 70.4 cm³/mol. The van der Waals surface area contributed by atoms with E-state index in [9.17, 15) is 9.59 Å². The van der Waals surface area contributed by atoms with Gasteiger partial charge in [-0.05, 0) is 11.8 Å². The quantitative estimate of drug-likeness (QED) is 0.598. The van der Waals surface area contributed by atoms with E-state index in [4.69, 9.17) is 5.11 Å². The molecule has 2 N–H and O–H groups in total. The van der Waals surface area contributed by atoms with E-state index in [1.54, 1.807) is 33.3 Å². The van der Waals surface area contributed by atoms with E-state index >= 15 is 0 Å². The van der Waals surface area contributed by atoms with E-state index in [0.717, 1.165) is 13.0 Å². The molecule has 0 saturated heterocycles. The molecule has 0 radical (unpaired) electrons. The molecule has 106 valence electrons. The number of aromatic nitrogens is 2. The van der Waals surface area contributed by atoms with Crippen LogP contribution >= 0.6 is 0 Å². The number of nitrogens with one attached hydrogen (secondary N) is 1. The maximum Gasteiger partial charge on any atom is 0.316 e. The van der Waals surface area contributed by atoms with Crippen molar-refractivity contribution in [2.75, 3.05) is 6.54 Å². The second kappa shape index (κ2) is 6.36. The second-order valence-electron chi connectivity index (χ2n) is 5.58. The maximum absolute atomic E-state index is 11.9. The fourth-order valence-electron chi connectivity index (χ4n) is 1.87. The van der Waals surface area contributed by atoms with Gasteiger partial charge in [0, 0.05) is 25.5 Å². The van der Waals surface area contributed by atoms with Gasteiger partial charge in [-0.1, -0.05) is 20.8 Å². The number of nitrogens with zero attached hydrogens (tertiary/aromatic N) is 2. The first-order valence-corrected chi connectivity index (χ1v) is 6.28. The highest BCUT2D eigenvalue weighted by Gasteiger charge is 2.37. The van der Waals surface area contributed by atoms with Crippen LogP contribution in [0.25, 0.3) is 0 Å². The smallest absolute Gasteiger partial charge is 0.316 e. The van der Waals surface area contributed by atoms with Gasteiger partial charge in [0.05, 0.1) is 6.33 Å². The van der Waals surface area contributed by atoms with E-state index in [2.05, 4.69) is 10.3 Å². The normalized spacial score (nSPS) is 13.0.